The second kappa shape index (κ2) is 8.68. The average Bonchev–Trinajstić information content (AvgIpc) is 3.11. The highest BCUT2D eigenvalue weighted by Crippen LogP contribution is 2.30. The molecule has 0 atom stereocenters. The van der Waals surface area contributed by atoms with Gasteiger partial charge in [0.2, 0.25) is 5.91 Å². The molecule has 0 aliphatic carbocycles. The van der Waals surface area contributed by atoms with E-state index in [0.717, 1.165) is 45.9 Å². The molecule has 0 unspecified atom stereocenters. The van der Waals surface area contributed by atoms with Crippen molar-refractivity contribution in [1.82, 2.24) is 4.98 Å². The molecular formula is C22H23ClN2OS. The zero-order valence-corrected chi connectivity index (χ0v) is 17.4. The number of hydrogen-bond donors (Lipinski definition) is 1. The maximum Gasteiger partial charge on any atom is 0.230 e. The molecule has 0 aliphatic heterocycles. The van der Waals surface area contributed by atoms with Crippen LogP contribution in [0.25, 0.3) is 10.6 Å². The quantitative estimate of drug-likeness (QED) is 0.546. The summed E-state index contributed by atoms with van der Waals surface area (Å²) in [4.78, 5) is 17.3. The molecule has 0 fully saturated rings. The van der Waals surface area contributed by atoms with Gasteiger partial charge in [0.1, 0.15) is 5.01 Å². The number of nitrogens with one attached hydrogen (secondary N) is 1. The second-order valence-corrected chi connectivity index (χ2v) is 7.77. The van der Waals surface area contributed by atoms with Crippen molar-refractivity contribution < 1.29 is 4.79 Å². The van der Waals surface area contributed by atoms with Crippen molar-refractivity contribution in [2.45, 2.75) is 40.0 Å². The highest BCUT2D eigenvalue weighted by molar-refractivity contribution is 7.13. The van der Waals surface area contributed by atoms with Crippen LogP contribution in [0.5, 0.6) is 0 Å². The third-order valence-electron chi connectivity index (χ3n) is 4.53. The van der Waals surface area contributed by atoms with Gasteiger partial charge in [-0.25, -0.2) is 4.98 Å². The normalized spacial score (nSPS) is 10.8. The summed E-state index contributed by atoms with van der Waals surface area (Å²) in [5, 5.41) is 6.65. The Balaban J connectivity index is 1.76. The van der Waals surface area contributed by atoms with Gasteiger partial charge < -0.3 is 5.32 Å². The largest absolute Gasteiger partial charge is 0.325 e. The van der Waals surface area contributed by atoms with E-state index < -0.39 is 0 Å². The Hall–Kier alpha value is -2.17. The number of nitrogens with zero attached hydrogens (tertiary/aromatic N) is 1. The number of rotatable bonds is 6. The maximum atomic E-state index is 12.6. The minimum Gasteiger partial charge on any atom is -0.325 e. The van der Waals surface area contributed by atoms with Crippen molar-refractivity contribution in [2.75, 3.05) is 5.32 Å². The Morgan fingerprint density at radius 1 is 1.11 bits per heavy atom. The Labute approximate surface area is 169 Å². The molecule has 2 aromatic carbocycles. The smallest absolute Gasteiger partial charge is 0.230 e. The summed E-state index contributed by atoms with van der Waals surface area (Å²) in [7, 11) is 0. The summed E-state index contributed by atoms with van der Waals surface area (Å²) in [6.45, 7) is 6.18. The number of thiazole rings is 1. The summed E-state index contributed by atoms with van der Waals surface area (Å²) in [6.07, 6.45) is 1.87. The fourth-order valence-electron chi connectivity index (χ4n) is 3.03. The molecule has 0 saturated carbocycles. The molecule has 3 rings (SSSR count). The lowest BCUT2D eigenvalue weighted by molar-refractivity contribution is -0.115. The van der Waals surface area contributed by atoms with Crippen LogP contribution in [0.15, 0.2) is 41.8 Å². The maximum absolute atomic E-state index is 12.6. The monoisotopic (exact) mass is 398 g/mol. The van der Waals surface area contributed by atoms with E-state index in [-0.39, 0.29) is 12.3 Å². The topological polar surface area (TPSA) is 42.0 Å². The molecule has 1 N–H and O–H groups in total. The summed E-state index contributed by atoms with van der Waals surface area (Å²) in [5.74, 6) is -0.0672. The molecule has 3 nitrogen and oxygen atoms in total. The second-order valence-electron chi connectivity index (χ2n) is 6.50. The van der Waals surface area contributed by atoms with Crippen LogP contribution in [0.4, 0.5) is 5.69 Å². The molecule has 1 amide bonds. The Morgan fingerprint density at radius 3 is 2.52 bits per heavy atom. The summed E-state index contributed by atoms with van der Waals surface area (Å²) in [5.41, 5.74) is 6.02. The van der Waals surface area contributed by atoms with Crippen LogP contribution < -0.4 is 5.32 Å². The van der Waals surface area contributed by atoms with E-state index in [9.17, 15) is 4.79 Å². The van der Waals surface area contributed by atoms with E-state index in [1.54, 1.807) is 11.3 Å². The van der Waals surface area contributed by atoms with Gasteiger partial charge in [-0.05, 0) is 37.0 Å². The predicted molar refractivity (Wildman–Crippen MR) is 115 cm³/mol. The number of amides is 1. The summed E-state index contributed by atoms with van der Waals surface area (Å²) >= 11 is 7.88. The lowest BCUT2D eigenvalue weighted by Gasteiger charge is -2.15. The van der Waals surface area contributed by atoms with Crippen LogP contribution in [0.1, 0.15) is 36.2 Å². The fraction of sp³-hybridized carbons (Fsp3) is 0.273. The van der Waals surface area contributed by atoms with Crippen molar-refractivity contribution in [1.29, 1.82) is 0 Å². The van der Waals surface area contributed by atoms with Crippen molar-refractivity contribution in [3.05, 3.63) is 69.2 Å². The third kappa shape index (κ3) is 4.57. The molecule has 3 aromatic rings. The number of benzene rings is 2. The van der Waals surface area contributed by atoms with Gasteiger partial charge in [0, 0.05) is 21.7 Å². The van der Waals surface area contributed by atoms with Crippen molar-refractivity contribution in [2.24, 2.45) is 0 Å². The molecule has 1 aromatic heterocycles. The first-order chi connectivity index (χ1) is 13.0. The van der Waals surface area contributed by atoms with E-state index in [4.69, 9.17) is 11.6 Å². The number of hydrogen-bond acceptors (Lipinski definition) is 3. The predicted octanol–water partition coefficient (Wildman–Crippen LogP) is 6.08. The third-order valence-corrected chi connectivity index (χ3v) is 5.83. The van der Waals surface area contributed by atoms with Crippen LogP contribution in [-0.4, -0.2) is 10.9 Å². The first kappa shape index (κ1) is 19.6. The Bertz CT molecular complexity index is 947. The highest BCUT2D eigenvalue weighted by atomic mass is 35.5. The Kier molecular flexibility index (Phi) is 6.30. The van der Waals surface area contributed by atoms with Crippen molar-refractivity contribution >= 4 is 34.5 Å². The first-order valence-corrected chi connectivity index (χ1v) is 10.4. The van der Waals surface area contributed by atoms with Crippen LogP contribution in [-0.2, 0) is 24.1 Å². The molecule has 140 valence electrons. The average molecular weight is 399 g/mol. The molecule has 0 bridgehead atoms. The zero-order chi connectivity index (χ0) is 19.4. The summed E-state index contributed by atoms with van der Waals surface area (Å²) in [6, 6.07) is 12.1. The van der Waals surface area contributed by atoms with Crippen LogP contribution in [0, 0.1) is 6.92 Å². The van der Waals surface area contributed by atoms with Crippen molar-refractivity contribution in [3.63, 3.8) is 0 Å². The van der Waals surface area contributed by atoms with E-state index in [1.165, 1.54) is 5.56 Å². The van der Waals surface area contributed by atoms with Gasteiger partial charge in [-0.2, -0.15) is 0 Å². The van der Waals surface area contributed by atoms with Crippen LogP contribution in [0.2, 0.25) is 5.02 Å². The molecule has 5 heteroatoms. The molecule has 27 heavy (non-hydrogen) atoms. The lowest BCUT2D eigenvalue weighted by atomic mass is 10.0. The Morgan fingerprint density at radius 2 is 1.85 bits per heavy atom. The number of aromatic nitrogens is 1. The molecule has 0 radical (unpaired) electrons. The van der Waals surface area contributed by atoms with Gasteiger partial charge in [0.15, 0.2) is 0 Å². The molecule has 0 aliphatic rings. The van der Waals surface area contributed by atoms with Gasteiger partial charge in [-0.3, -0.25) is 4.79 Å². The number of carbonyl (C=O) groups excluding carboxylic acids is 1. The molecule has 0 spiro atoms. The van der Waals surface area contributed by atoms with E-state index in [1.807, 2.05) is 24.4 Å². The van der Waals surface area contributed by atoms with Crippen LogP contribution >= 0.6 is 22.9 Å². The van der Waals surface area contributed by atoms with Gasteiger partial charge in [-0.1, -0.05) is 61.3 Å². The highest BCUT2D eigenvalue weighted by Gasteiger charge is 2.15. The van der Waals surface area contributed by atoms with E-state index in [2.05, 4.69) is 48.4 Å². The zero-order valence-electron chi connectivity index (χ0n) is 15.8. The SMILES string of the molecule is CCc1ccc(Cl)c(CC)c1NC(=O)Cc1csc(-c2ccc(C)cc2)n1. The van der Waals surface area contributed by atoms with E-state index >= 15 is 0 Å². The van der Waals surface area contributed by atoms with Crippen LogP contribution in [0.3, 0.4) is 0 Å². The van der Waals surface area contributed by atoms with E-state index in [0.29, 0.717) is 5.02 Å². The van der Waals surface area contributed by atoms with Gasteiger partial charge in [0.25, 0.3) is 0 Å². The minimum atomic E-state index is -0.0672. The fourth-order valence-corrected chi connectivity index (χ4v) is 4.15. The van der Waals surface area contributed by atoms with Gasteiger partial charge in [-0.15, -0.1) is 11.3 Å². The standard InChI is InChI=1S/C22H23ClN2OS/c1-4-15-10-11-19(23)18(5-2)21(15)25-20(26)12-17-13-27-22(24-17)16-8-6-14(3)7-9-16/h6-11,13H,4-5,12H2,1-3H3,(H,25,26). The van der Waals surface area contributed by atoms with Crippen molar-refractivity contribution in [3.8, 4) is 10.6 Å². The number of anilines is 1. The van der Waals surface area contributed by atoms with Gasteiger partial charge >= 0.3 is 0 Å². The summed E-state index contributed by atoms with van der Waals surface area (Å²) < 4.78 is 0. The number of halogens is 1. The molecule has 0 saturated heterocycles. The lowest BCUT2D eigenvalue weighted by Crippen LogP contribution is -2.17. The molecule has 1 heterocycles. The molecular weight excluding hydrogens is 376 g/mol. The van der Waals surface area contributed by atoms with Gasteiger partial charge in [0.05, 0.1) is 12.1 Å². The number of carbonyl (C=O) groups is 1. The number of aryl methyl sites for hydroxylation is 2. The first-order valence-electron chi connectivity index (χ1n) is 9.13. The minimum absolute atomic E-state index is 0.0672.